The van der Waals surface area contributed by atoms with E-state index in [2.05, 4.69) is 6.92 Å². The molecule has 3 heteroatoms. The summed E-state index contributed by atoms with van der Waals surface area (Å²) in [5.74, 6) is 0.904. The Morgan fingerprint density at radius 1 is 1.26 bits per heavy atom. The Kier molecular flexibility index (Phi) is 3.44. The van der Waals surface area contributed by atoms with E-state index in [0.29, 0.717) is 17.4 Å². The van der Waals surface area contributed by atoms with Gasteiger partial charge in [0.25, 0.3) is 0 Å². The van der Waals surface area contributed by atoms with E-state index in [-0.39, 0.29) is 5.60 Å². The molecule has 4 unspecified atom stereocenters. The molecule has 3 fully saturated rings. The first-order valence-electron chi connectivity index (χ1n) is 8.68. The van der Waals surface area contributed by atoms with Gasteiger partial charge in [0.1, 0.15) is 6.29 Å². The number of carbonyl (C=O) groups is 1. The SMILES string of the molecule is COC1(C)CC2(COCc3cccc(C=O)c3)CC3CC3(C2)C1. The lowest BCUT2D eigenvalue weighted by Crippen LogP contribution is -2.44. The van der Waals surface area contributed by atoms with Gasteiger partial charge in [0, 0.05) is 12.7 Å². The molecule has 124 valence electrons. The molecule has 23 heavy (non-hydrogen) atoms. The second-order valence-corrected chi connectivity index (χ2v) is 8.51. The summed E-state index contributed by atoms with van der Waals surface area (Å²) in [4.78, 5) is 10.9. The second kappa shape index (κ2) is 5.15. The largest absolute Gasteiger partial charge is 0.378 e. The lowest BCUT2D eigenvalue weighted by atomic mass is 9.65. The molecule has 1 aromatic rings. The summed E-state index contributed by atoms with van der Waals surface area (Å²) in [6, 6.07) is 7.69. The van der Waals surface area contributed by atoms with Crippen LogP contribution in [-0.2, 0) is 16.1 Å². The van der Waals surface area contributed by atoms with Gasteiger partial charge in [-0.1, -0.05) is 18.2 Å². The van der Waals surface area contributed by atoms with E-state index in [0.717, 1.165) is 36.4 Å². The summed E-state index contributed by atoms with van der Waals surface area (Å²) < 4.78 is 12.0. The number of fused-ring (bicyclic) bond motifs is 1. The fourth-order valence-corrected chi connectivity index (χ4v) is 5.74. The fourth-order valence-electron chi connectivity index (χ4n) is 5.74. The highest BCUT2D eigenvalue weighted by Crippen LogP contribution is 2.76. The van der Waals surface area contributed by atoms with E-state index in [9.17, 15) is 4.79 Å². The molecule has 2 bridgehead atoms. The molecule has 0 N–H and O–H groups in total. The number of benzene rings is 1. The zero-order chi connectivity index (χ0) is 16.1. The van der Waals surface area contributed by atoms with Crippen molar-refractivity contribution in [2.24, 2.45) is 16.7 Å². The van der Waals surface area contributed by atoms with Gasteiger partial charge in [-0.05, 0) is 67.4 Å². The van der Waals surface area contributed by atoms with Crippen molar-refractivity contribution in [3.05, 3.63) is 35.4 Å². The van der Waals surface area contributed by atoms with Gasteiger partial charge in [-0.25, -0.2) is 0 Å². The summed E-state index contributed by atoms with van der Waals surface area (Å²) in [6.07, 6.45) is 7.25. The first-order chi connectivity index (χ1) is 11.0. The van der Waals surface area contributed by atoms with Crippen molar-refractivity contribution in [2.75, 3.05) is 13.7 Å². The third-order valence-corrected chi connectivity index (χ3v) is 6.50. The highest BCUT2D eigenvalue weighted by atomic mass is 16.5. The van der Waals surface area contributed by atoms with Crippen LogP contribution >= 0.6 is 0 Å². The van der Waals surface area contributed by atoms with E-state index in [1.165, 1.54) is 25.7 Å². The molecule has 1 aromatic carbocycles. The van der Waals surface area contributed by atoms with Gasteiger partial charge in [-0.2, -0.15) is 0 Å². The number of ether oxygens (including phenoxy) is 2. The number of rotatable bonds is 6. The molecule has 3 saturated carbocycles. The van der Waals surface area contributed by atoms with Crippen LogP contribution in [-0.4, -0.2) is 25.6 Å². The minimum absolute atomic E-state index is 0.0181. The smallest absolute Gasteiger partial charge is 0.150 e. The van der Waals surface area contributed by atoms with Crippen LogP contribution in [0.15, 0.2) is 24.3 Å². The summed E-state index contributed by atoms with van der Waals surface area (Å²) in [6.45, 7) is 3.68. The van der Waals surface area contributed by atoms with Gasteiger partial charge in [-0.15, -0.1) is 0 Å². The molecule has 1 spiro atoms. The number of hydrogen-bond donors (Lipinski definition) is 0. The predicted molar refractivity (Wildman–Crippen MR) is 88.3 cm³/mol. The molecule has 0 saturated heterocycles. The van der Waals surface area contributed by atoms with E-state index < -0.39 is 0 Å². The molecular formula is C20H26O3. The Hall–Kier alpha value is -1.19. The molecule has 0 heterocycles. The third kappa shape index (κ3) is 2.64. The normalized spacial score (nSPS) is 40.7. The van der Waals surface area contributed by atoms with Crippen molar-refractivity contribution in [3.63, 3.8) is 0 Å². The monoisotopic (exact) mass is 314 g/mol. The topological polar surface area (TPSA) is 35.5 Å². The minimum Gasteiger partial charge on any atom is -0.378 e. The third-order valence-electron chi connectivity index (χ3n) is 6.50. The Morgan fingerprint density at radius 2 is 2.13 bits per heavy atom. The molecular weight excluding hydrogens is 288 g/mol. The molecule has 0 radical (unpaired) electrons. The molecule has 0 amide bonds. The Bertz CT molecular complexity index is 627. The second-order valence-electron chi connectivity index (χ2n) is 8.51. The van der Waals surface area contributed by atoms with Crippen LogP contribution in [0.1, 0.15) is 54.9 Å². The molecule has 3 nitrogen and oxygen atoms in total. The van der Waals surface area contributed by atoms with Crippen molar-refractivity contribution in [3.8, 4) is 0 Å². The molecule has 3 aliphatic rings. The van der Waals surface area contributed by atoms with E-state index in [1.807, 2.05) is 31.4 Å². The summed E-state index contributed by atoms with van der Waals surface area (Å²) >= 11 is 0. The van der Waals surface area contributed by atoms with Crippen LogP contribution in [0.3, 0.4) is 0 Å². The Labute approximate surface area is 138 Å². The highest BCUT2D eigenvalue weighted by molar-refractivity contribution is 5.74. The highest BCUT2D eigenvalue weighted by Gasteiger charge is 2.70. The molecule has 4 atom stereocenters. The van der Waals surface area contributed by atoms with Gasteiger partial charge in [-0.3, -0.25) is 4.79 Å². The first-order valence-corrected chi connectivity index (χ1v) is 8.68. The van der Waals surface area contributed by atoms with Crippen molar-refractivity contribution in [1.29, 1.82) is 0 Å². The molecule has 0 aromatic heterocycles. The van der Waals surface area contributed by atoms with Crippen LogP contribution in [0.5, 0.6) is 0 Å². The number of carbonyl (C=O) groups excluding carboxylic acids is 1. The van der Waals surface area contributed by atoms with Gasteiger partial charge in [0.15, 0.2) is 0 Å². The van der Waals surface area contributed by atoms with Crippen molar-refractivity contribution < 1.29 is 14.3 Å². The van der Waals surface area contributed by atoms with E-state index >= 15 is 0 Å². The Balaban J connectivity index is 1.41. The van der Waals surface area contributed by atoms with Gasteiger partial charge in [0.2, 0.25) is 0 Å². The number of methoxy groups -OCH3 is 1. The predicted octanol–water partition coefficient (Wildman–Crippen LogP) is 4.00. The van der Waals surface area contributed by atoms with Crippen molar-refractivity contribution in [2.45, 2.75) is 51.2 Å². The maximum atomic E-state index is 10.9. The quantitative estimate of drug-likeness (QED) is 0.745. The average molecular weight is 314 g/mol. The summed E-state index contributed by atoms with van der Waals surface area (Å²) in [5.41, 5.74) is 2.67. The van der Waals surface area contributed by atoms with Crippen LogP contribution in [0, 0.1) is 16.7 Å². The van der Waals surface area contributed by atoms with E-state index in [4.69, 9.17) is 9.47 Å². The van der Waals surface area contributed by atoms with Gasteiger partial charge in [0.05, 0.1) is 18.8 Å². The zero-order valence-corrected chi connectivity index (χ0v) is 14.1. The van der Waals surface area contributed by atoms with Crippen LogP contribution in [0.2, 0.25) is 0 Å². The maximum Gasteiger partial charge on any atom is 0.150 e. The van der Waals surface area contributed by atoms with Crippen molar-refractivity contribution in [1.82, 2.24) is 0 Å². The van der Waals surface area contributed by atoms with E-state index in [1.54, 1.807) is 0 Å². The first kappa shape index (κ1) is 15.3. The zero-order valence-electron chi connectivity index (χ0n) is 14.1. The number of hydrogen-bond acceptors (Lipinski definition) is 3. The maximum absolute atomic E-state index is 10.9. The molecule has 0 aliphatic heterocycles. The average Bonchev–Trinajstić information content (AvgIpc) is 3.09. The fraction of sp³-hybridized carbons (Fsp3) is 0.650. The van der Waals surface area contributed by atoms with Crippen LogP contribution in [0.4, 0.5) is 0 Å². The minimum atomic E-state index is 0.0181. The van der Waals surface area contributed by atoms with Gasteiger partial charge < -0.3 is 9.47 Å². The van der Waals surface area contributed by atoms with Crippen LogP contribution < -0.4 is 0 Å². The summed E-state index contributed by atoms with van der Waals surface area (Å²) in [5, 5.41) is 0. The lowest BCUT2D eigenvalue weighted by Gasteiger charge is -2.46. The lowest BCUT2D eigenvalue weighted by molar-refractivity contribution is -0.102. The van der Waals surface area contributed by atoms with Gasteiger partial charge >= 0.3 is 0 Å². The summed E-state index contributed by atoms with van der Waals surface area (Å²) in [7, 11) is 1.86. The molecule has 4 rings (SSSR count). The number of aldehydes is 1. The standard InChI is InChI=1S/C20H26O3/c1-18(22-2)11-19(7-17-8-20(17,12-18)13-19)14-23-10-16-5-3-4-15(6-16)9-21/h3-6,9,17H,7-8,10-14H2,1-2H3. The Morgan fingerprint density at radius 3 is 2.91 bits per heavy atom. The van der Waals surface area contributed by atoms with Crippen LogP contribution in [0.25, 0.3) is 0 Å². The molecule has 3 aliphatic carbocycles. The van der Waals surface area contributed by atoms with Crippen molar-refractivity contribution >= 4 is 6.29 Å².